The first-order valence-electron chi connectivity index (χ1n) is 5.86. The lowest BCUT2D eigenvalue weighted by molar-refractivity contribution is -0.114. The van der Waals surface area contributed by atoms with Crippen molar-refractivity contribution < 1.29 is 9.90 Å². The van der Waals surface area contributed by atoms with E-state index in [1.807, 2.05) is 31.2 Å². The van der Waals surface area contributed by atoms with Crippen molar-refractivity contribution in [1.82, 2.24) is 5.32 Å². The van der Waals surface area contributed by atoms with Gasteiger partial charge in [-0.05, 0) is 24.1 Å². The molecular formula is C13H20N2O2. The highest BCUT2D eigenvalue weighted by Gasteiger charge is 2.03. The molecule has 94 valence electrons. The summed E-state index contributed by atoms with van der Waals surface area (Å²) in [4.78, 5) is 10.8. The molecule has 1 atom stereocenters. The highest BCUT2D eigenvalue weighted by atomic mass is 16.3. The summed E-state index contributed by atoms with van der Waals surface area (Å²) in [5, 5.41) is 15.0. The third-order valence-corrected chi connectivity index (χ3v) is 2.58. The van der Waals surface area contributed by atoms with E-state index in [0.29, 0.717) is 0 Å². The highest BCUT2D eigenvalue weighted by molar-refractivity contribution is 5.88. The Hall–Kier alpha value is -1.39. The Labute approximate surface area is 102 Å². The summed E-state index contributed by atoms with van der Waals surface area (Å²) in [6.45, 7) is 4.40. The van der Waals surface area contributed by atoms with E-state index in [0.717, 1.165) is 24.2 Å². The minimum atomic E-state index is -0.0674. The van der Waals surface area contributed by atoms with Crippen LogP contribution in [-0.4, -0.2) is 23.7 Å². The Kier molecular flexibility index (Phi) is 5.66. The number of aliphatic hydroxyl groups excluding tert-OH is 1. The van der Waals surface area contributed by atoms with Crippen molar-refractivity contribution in [1.29, 1.82) is 0 Å². The molecule has 1 amide bonds. The Morgan fingerprint density at radius 3 is 2.47 bits per heavy atom. The van der Waals surface area contributed by atoms with Crippen LogP contribution in [0.5, 0.6) is 0 Å². The van der Waals surface area contributed by atoms with Crippen LogP contribution >= 0.6 is 0 Å². The fourth-order valence-electron chi connectivity index (χ4n) is 1.51. The van der Waals surface area contributed by atoms with E-state index in [4.69, 9.17) is 5.11 Å². The summed E-state index contributed by atoms with van der Waals surface area (Å²) >= 11 is 0. The van der Waals surface area contributed by atoms with Gasteiger partial charge in [0.1, 0.15) is 0 Å². The molecule has 17 heavy (non-hydrogen) atoms. The molecule has 1 aromatic rings. The second-order valence-electron chi connectivity index (χ2n) is 4.05. The summed E-state index contributed by atoms with van der Waals surface area (Å²) in [6, 6.07) is 7.81. The van der Waals surface area contributed by atoms with Crippen LogP contribution in [-0.2, 0) is 11.3 Å². The maximum atomic E-state index is 10.8. The van der Waals surface area contributed by atoms with Crippen molar-refractivity contribution in [2.75, 3.05) is 11.9 Å². The van der Waals surface area contributed by atoms with Crippen LogP contribution in [0.25, 0.3) is 0 Å². The van der Waals surface area contributed by atoms with Crippen LogP contribution in [0.15, 0.2) is 24.3 Å². The molecule has 0 fully saturated rings. The second-order valence-corrected chi connectivity index (χ2v) is 4.05. The van der Waals surface area contributed by atoms with Crippen LogP contribution in [0.3, 0.4) is 0 Å². The quantitative estimate of drug-likeness (QED) is 0.701. The molecule has 0 aliphatic carbocycles. The minimum absolute atomic E-state index is 0.0674. The van der Waals surface area contributed by atoms with Crippen LogP contribution in [0.1, 0.15) is 25.8 Å². The summed E-state index contributed by atoms with van der Waals surface area (Å²) in [7, 11) is 0. The molecule has 0 unspecified atom stereocenters. The van der Waals surface area contributed by atoms with Gasteiger partial charge in [0, 0.05) is 25.2 Å². The predicted octanol–water partition coefficient (Wildman–Crippen LogP) is 1.51. The van der Waals surface area contributed by atoms with Crippen molar-refractivity contribution in [2.45, 2.75) is 32.9 Å². The number of anilines is 1. The third kappa shape index (κ3) is 4.97. The third-order valence-electron chi connectivity index (χ3n) is 2.58. The maximum Gasteiger partial charge on any atom is 0.221 e. The fourth-order valence-corrected chi connectivity index (χ4v) is 1.51. The molecule has 4 heteroatoms. The predicted molar refractivity (Wildman–Crippen MR) is 68.8 cm³/mol. The lowest BCUT2D eigenvalue weighted by Gasteiger charge is -2.14. The lowest BCUT2D eigenvalue weighted by Crippen LogP contribution is -2.31. The fraction of sp³-hybridized carbons (Fsp3) is 0.462. The Morgan fingerprint density at radius 2 is 2.00 bits per heavy atom. The number of hydrogen-bond acceptors (Lipinski definition) is 3. The van der Waals surface area contributed by atoms with E-state index < -0.39 is 0 Å². The zero-order chi connectivity index (χ0) is 12.7. The second kappa shape index (κ2) is 7.04. The van der Waals surface area contributed by atoms with E-state index in [-0.39, 0.29) is 18.6 Å². The molecule has 0 aliphatic rings. The van der Waals surface area contributed by atoms with Gasteiger partial charge in [0.25, 0.3) is 0 Å². The van der Waals surface area contributed by atoms with Gasteiger partial charge in [-0.25, -0.2) is 0 Å². The van der Waals surface area contributed by atoms with Gasteiger partial charge < -0.3 is 15.7 Å². The summed E-state index contributed by atoms with van der Waals surface area (Å²) in [5.41, 5.74) is 1.93. The molecule has 0 radical (unpaired) electrons. The number of benzene rings is 1. The zero-order valence-corrected chi connectivity index (χ0v) is 10.4. The standard InChI is InChI=1S/C13H20N2O2/c1-3-12(9-16)14-8-11-4-6-13(7-5-11)15-10(2)17/h4-7,12,14,16H,3,8-9H2,1-2H3,(H,15,17)/t12-/m1/s1. The van der Waals surface area contributed by atoms with E-state index in [1.54, 1.807) is 0 Å². The van der Waals surface area contributed by atoms with Gasteiger partial charge in [0.15, 0.2) is 0 Å². The largest absolute Gasteiger partial charge is 0.395 e. The molecule has 0 spiro atoms. The normalized spacial score (nSPS) is 12.2. The molecule has 1 rings (SSSR count). The molecular weight excluding hydrogens is 216 g/mol. The number of nitrogens with one attached hydrogen (secondary N) is 2. The van der Waals surface area contributed by atoms with Gasteiger partial charge in [-0.3, -0.25) is 4.79 Å². The van der Waals surface area contributed by atoms with E-state index in [1.165, 1.54) is 6.92 Å². The van der Waals surface area contributed by atoms with Gasteiger partial charge in [-0.1, -0.05) is 19.1 Å². The molecule has 0 saturated heterocycles. The van der Waals surface area contributed by atoms with E-state index >= 15 is 0 Å². The first-order valence-corrected chi connectivity index (χ1v) is 5.86. The van der Waals surface area contributed by atoms with Gasteiger partial charge in [-0.2, -0.15) is 0 Å². The Morgan fingerprint density at radius 1 is 1.35 bits per heavy atom. The van der Waals surface area contributed by atoms with Crippen molar-refractivity contribution in [2.24, 2.45) is 0 Å². The molecule has 0 saturated carbocycles. The first-order chi connectivity index (χ1) is 8.15. The molecule has 0 aliphatic heterocycles. The van der Waals surface area contributed by atoms with Gasteiger partial charge in [-0.15, -0.1) is 0 Å². The van der Waals surface area contributed by atoms with Gasteiger partial charge in [0.05, 0.1) is 6.61 Å². The number of hydrogen-bond donors (Lipinski definition) is 3. The molecule has 0 heterocycles. The van der Waals surface area contributed by atoms with Crippen molar-refractivity contribution in [3.8, 4) is 0 Å². The smallest absolute Gasteiger partial charge is 0.221 e. The average Bonchev–Trinajstić information content (AvgIpc) is 2.32. The zero-order valence-electron chi connectivity index (χ0n) is 10.4. The summed E-state index contributed by atoms with van der Waals surface area (Å²) in [6.07, 6.45) is 0.903. The number of amides is 1. The monoisotopic (exact) mass is 236 g/mol. The lowest BCUT2D eigenvalue weighted by atomic mass is 10.1. The van der Waals surface area contributed by atoms with Crippen molar-refractivity contribution in [3.63, 3.8) is 0 Å². The summed E-state index contributed by atoms with van der Waals surface area (Å²) in [5.74, 6) is -0.0674. The Bertz CT molecular complexity index is 345. The molecule has 0 bridgehead atoms. The minimum Gasteiger partial charge on any atom is -0.395 e. The topological polar surface area (TPSA) is 61.4 Å². The number of aliphatic hydroxyl groups is 1. The van der Waals surface area contributed by atoms with E-state index in [9.17, 15) is 4.79 Å². The molecule has 3 N–H and O–H groups in total. The first kappa shape index (κ1) is 13.7. The highest BCUT2D eigenvalue weighted by Crippen LogP contribution is 2.09. The molecule has 1 aromatic carbocycles. The van der Waals surface area contributed by atoms with Crippen LogP contribution in [0, 0.1) is 0 Å². The van der Waals surface area contributed by atoms with Crippen LogP contribution in [0.2, 0.25) is 0 Å². The molecule has 0 aromatic heterocycles. The van der Waals surface area contributed by atoms with Crippen molar-refractivity contribution in [3.05, 3.63) is 29.8 Å². The van der Waals surface area contributed by atoms with E-state index in [2.05, 4.69) is 10.6 Å². The van der Waals surface area contributed by atoms with Crippen LogP contribution in [0.4, 0.5) is 5.69 Å². The number of rotatable bonds is 6. The number of carbonyl (C=O) groups excluding carboxylic acids is 1. The van der Waals surface area contributed by atoms with Crippen molar-refractivity contribution >= 4 is 11.6 Å². The van der Waals surface area contributed by atoms with Gasteiger partial charge >= 0.3 is 0 Å². The average molecular weight is 236 g/mol. The maximum absolute atomic E-state index is 10.8. The number of carbonyl (C=O) groups is 1. The summed E-state index contributed by atoms with van der Waals surface area (Å²) < 4.78 is 0. The Balaban J connectivity index is 2.47. The van der Waals surface area contributed by atoms with Crippen LogP contribution < -0.4 is 10.6 Å². The SMILES string of the molecule is CC[C@H](CO)NCc1ccc(NC(C)=O)cc1. The van der Waals surface area contributed by atoms with Gasteiger partial charge in [0.2, 0.25) is 5.91 Å². The molecule has 4 nitrogen and oxygen atoms in total.